The molecule has 0 aliphatic carbocycles. The van der Waals surface area contributed by atoms with Crippen molar-refractivity contribution >= 4 is 27.7 Å². The molecule has 1 N–H and O–H groups in total. The Morgan fingerprint density at radius 1 is 1.29 bits per heavy atom. The molecule has 6 heteroatoms. The molecule has 0 radical (unpaired) electrons. The summed E-state index contributed by atoms with van der Waals surface area (Å²) in [7, 11) is 1.93. The number of anilines is 1. The van der Waals surface area contributed by atoms with Crippen LogP contribution < -0.4 is 5.32 Å². The van der Waals surface area contributed by atoms with Crippen LogP contribution in [0.1, 0.15) is 5.56 Å². The summed E-state index contributed by atoms with van der Waals surface area (Å²) in [6.07, 6.45) is 6.11. The monoisotopic (exact) mass is 348 g/mol. The Bertz CT molecular complexity index is 574. The number of carbonyl (C=O) groups excluding carboxylic acids is 1. The SMILES string of the molecule is CN(CCc1ccncc1)CC(=O)Nc1ccc(Br)cn1. The lowest BCUT2D eigenvalue weighted by Crippen LogP contribution is -2.31. The first-order valence-corrected chi connectivity index (χ1v) is 7.41. The van der Waals surface area contributed by atoms with Crippen LogP contribution in [0.15, 0.2) is 47.3 Å². The van der Waals surface area contributed by atoms with E-state index in [0.29, 0.717) is 12.4 Å². The lowest BCUT2D eigenvalue weighted by atomic mass is 10.2. The van der Waals surface area contributed by atoms with Gasteiger partial charge in [-0.1, -0.05) is 0 Å². The molecule has 21 heavy (non-hydrogen) atoms. The van der Waals surface area contributed by atoms with Crippen molar-refractivity contribution in [2.45, 2.75) is 6.42 Å². The summed E-state index contributed by atoms with van der Waals surface area (Å²) in [6, 6.07) is 7.58. The normalized spacial score (nSPS) is 10.6. The molecule has 0 atom stereocenters. The molecule has 0 bridgehead atoms. The van der Waals surface area contributed by atoms with E-state index in [0.717, 1.165) is 17.4 Å². The van der Waals surface area contributed by atoms with Crippen molar-refractivity contribution in [3.8, 4) is 0 Å². The summed E-state index contributed by atoms with van der Waals surface area (Å²) in [6.45, 7) is 1.15. The second-order valence-corrected chi connectivity index (χ2v) is 5.67. The minimum atomic E-state index is -0.0675. The summed E-state index contributed by atoms with van der Waals surface area (Å²) in [5.74, 6) is 0.493. The van der Waals surface area contributed by atoms with Gasteiger partial charge >= 0.3 is 0 Å². The largest absolute Gasteiger partial charge is 0.310 e. The van der Waals surface area contributed by atoms with Gasteiger partial charge in [0.1, 0.15) is 5.82 Å². The molecule has 1 amide bonds. The highest BCUT2D eigenvalue weighted by Crippen LogP contribution is 2.10. The van der Waals surface area contributed by atoms with Crippen molar-refractivity contribution in [3.05, 3.63) is 52.9 Å². The van der Waals surface area contributed by atoms with Crippen LogP contribution in [-0.4, -0.2) is 40.9 Å². The van der Waals surface area contributed by atoms with Gasteiger partial charge in [0.2, 0.25) is 5.91 Å². The number of hydrogen-bond acceptors (Lipinski definition) is 4. The van der Waals surface area contributed by atoms with Gasteiger partial charge in [-0.3, -0.25) is 14.7 Å². The number of carbonyl (C=O) groups is 1. The van der Waals surface area contributed by atoms with Crippen molar-refractivity contribution in [2.75, 3.05) is 25.5 Å². The van der Waals surface area contributed by atoms with Gasteiger partial charge in [0.05, 0.1) is 6.54 Å². The third-order valence-electron chi connectivity index (χ3n) is 2.94. The Balaban J connectivity index is 1.75. The zero-order valence-electron chi connectivity index (χ0n) is 11.8. The zero-order chi connectivity index (χ0) is 15.1. The van der Waals surface area contributed by atoms with E-state index in [-0.39, 0.29) is 5.91 Å². The molecule has 0 saturated carbocycles. The highest BCUT2D eigenvalue weighted by atomic mass is 79.9. The highest BCUT2D eigenvalue weighted by Gasteiger charge is 2.07. The van der Waals surface area contributed by atoms with Crippen LogP contribution in [0.4, 0.5) is 5.82 Å². The van der Waals surface area contributed by atoms with Gasteiger partial charge in [0.25, 0.3) is 0 Å². The number of halogens is 1. The number of likely N-dealkylation sites (N-methyl/N-ethyl adjacent to an activating group) is 1. The van der Waals surface area contributed by atoms with Crippen LogP contribution in [0.5, 0.6) is 0 Å². The van der Waals surface area contributed by atoms with Crippen molar-refractivity contribution in [3.63, 3.8) is 0 Å². The summed E-state index contributed by atoms with van der Waals surface area (Å²) in [5.41, 5.74) is 1.21. The summed E-state index contributed by atoms with van der Waals surface area (Å²) < 4.78 is 0.884. The molecular formula is C15H17BrN4O. The van der Waals surface area contributed by atoms with Crippen LogP contribution in [0.3, 0.4) is 0 Å². The standard InChI is InChI=1S/C15H17BrN4O/c1-20(9-6-12-4-7-17-8-5-12)11-15(21)19-14-3-2-13(16)10-18-14/h2-5,7-8,10H,6,9,11H2,1H3,(H,18,19,21). The molecule has 2 heterocycles. The Labute approximate surface area is 132 Å². The molecule has 0 spiro atoms. The highest BCUT2D eigenvalue weighted by molar-refractivity contribution is 9.10. The Morgan fingerprint density at radius 2 is 2.05 bits per heavy atom. The first-order valence-electron chi connectivity index (χ1n) is 6.62. The zero-order valence-corrected chi connectivity index (χ0v) is 13.4. The van der Waals surface area contributed by atoms with Crippen LogP contribution in [0.2, 0.25) is 0 Å². The fourth-order valence-electron chi connectivity index (χ4n) is 1.83. The molecule has 110 valence electrons. The van der Waals surface area contributed by atoms with E-state index in [1.165, 1.54) is 5.56 Å². The van der Waals surface area contributed by atoms with E-state index in [2.05, 4.69) is 31.2 Å². The molecule has 0 aliphatic rings. The van der Waals surface area contributed by atoms with Gasteiger partial charge in [0, 0.05) is 29.6 Å². The van der Waals surface area contributed by atoms with E-state index in [1.807, 2.05) is 30.1 Å². The Morgan fingerprint density at radius 3 is 2.71 bits per heavy atom. The number of nitrogens with one attached hydrogen (secondary N) is 1. The fraction of sp³-hybridized carbons (Fsp3) is 0.267. The van der Waals surface area contributed by atoms with E-state index in [4.69, 9.17) is 0 Å². The molecular weight excluding hydrogens is 332 g/mol. The molecule has 0 unspecified atom stereocenters. The smallest absolute Gasteiger partial charge is 0.239 e. The van der Waals surface area contributed by atoms with E-state index < -0.39 is 0 Å². The Hall–Kier alpha value is -1.79. The molecule has 2 rings (SSSR count). The van der Waals surface area contributed by atoms with E-state index in [1.54, 1.807) is 24.7 Å². The second-order valence-electron chi connectivity index (χ2n) is 4.75. The fourth-order valence-corrected chi connectivity index (χ4v) is 2.06. The lowest BCUT2D eigenvalue weighted by Gasteiger charge is -2.16. The summed E-state index contributed by atoms with van der Waals surface area (Å²) >= 11 is 3.31. The average molecular weight is 349 g/mol. The molecule has 2 aromatic rings. The van der Waals surface area contributed by atoms with Gasteiger partial charge in [-0.2, -0.15) is 0 Å². The quantitative estimate of drug-likeness (QED) is 0.870. The first-order chi connectivity index (χ1) is 10.1. The number of aromatic nitrogens is 2. The van der Waals surface area contributed by atoms with Crippen LogP contribution in [0, 0.1) is 0 Å². The lowest BCUT2D eigenvalue weighted by molar-refractivity contribution is -0.117. The number of pyridine rings is 2. The Kier molecular flexibility index (Phi) is 5.83. The predicted molar refractivity (Wildman–Crippen MR) is 86.0 cm³/mol. The molecule has 0 saturated heterocycles. The summed E-state index contributed by atoms with van der Waals surface area (Å²) in [5, 5.41) is 2.78. The molecule has 0 aliphatic heterocycles. The van der Waals surface area contributed by atoms with Crippen LogP contribution in [0.25, 0.3) is 0 Å². The molecule has 0 fully saturated rings. The number of amides is 1. The van der Waals surface area contributed by atoms with Gasteiger partial charge in [0.15, 0.2) is 0 Å². The van der Waals surface area contributed by atoms with Crippen molar-refractivity contribution in [1.29, 1.82) is 0 Å². The van der Waals surface area contributed by atoms with E-state index >= 15 is 0 Å². The maximum atomic E-state index is 11.9. The number of hydrogen-bond donors (Lipinski definition) is 1. The average Bonchev–Trinajstić information content (AvgIpc) is 2.48. The molecule has 5 nitrogen and oxygen atoms in total. The minimum absolute atomic E-state index is 0.0675. The minimum Gasteiger partial charge on any atom is -0.310 e. The van der Waals surface area contributed by atoms with Gasteiger partial charge in [-0.05, 0) is 59.2 Å². The topological polar surface area (TPSA) is 58.1 Å². The number of rotatable bonds is 6. The third kappa shape index (κ3) is 5.61. The van der Waals surface area contributed by atoms with Crippen molar-refractivity contribution in [1.82, 2.24) is 14.9 Å². The molecule has 0 aromatic carbocycles. The first kappa shape index (κ1) is 15.6. The van der Waals surface area contributed by atoms with Gasteiger partial charge < -0.3 is 5.32 Å². The molecule has 2 aromatic heterocycles. The van der Waals surface area contributed by atoms with Crippen molar-refractivity contribution in [2.24, 2.45) is 0 Å². The van der Waals surface area contributed by atoms with Gasteiger partial charge in [-0.25, -0.2) is 4.98 Å². The maximum Gasteiger partial charge on any atom is 0.239 e. The third-order valence-corrected chi connectivity index (χ3v) is 3.41. The van der Waals surface area contributed by atoms with Crippen LogP contribution in [-0.2, 0) is 11.2 Å². The predicted octanol–water partition coefficient (Wildman–Crippen LogP) is 2.35. The maximum absolute atomic E-state index is 11.9. The van der Waals surface area contributed by atoms with E-state index in [9.17, 15) is 4.79 Å². The number of nitrogens with zero attached hydrogens (tertiary/aromatic N) is 3. The second kappa shape index (κ2) is 7.85. The van der Waals surface area contributed by atoms with Crippen molar-refractivity contribution < 1.29 is 4.79 Å². The summed E-state index contributed by atoms with van der Waals surface area (Å²) in [4.78, 5) is 22.0. The van der Waals surface area contributed by atoms with Crippen LogP contribution >= 0.6 is 15.9 Å². The van der Waals surface area contributed by atoms with Gasteiger partial charge in [-0.15, -0.1) is 0 Å².